The van der Waals surface area contributed by atoms with Crippen molar-refractivity contribution < 1.29 is 22.7 Å². The summed E-state index contributed by atoms with van der Waals surface area (Å²) in [6.45, 7) is 18.1. The van der Waals surface area contributed by atoms with Crippen LogP contribution in [0.2, 0.25) is 5.04 Å². The predicted molar refractivity (Wildman–Crippen MR) is 169 cm³/mol. The van der Waals surface area contributed by atoms with E-state index in [2.05, 4.69) is 61.8 Å². The lowest BCUT2D eigenvalue weighted by Gasteiger charge is -2.43. The quantitative estimate of drug-likeness (QED) is 0.208. The van der Waals surface area contributed by atoms with E-state index in [1.54, 1.807) is 20.8 Å². The highest BCUT2D eigenvalue weighted by Crippen LogP contribution is 2.40. The van der Waals surface area contributed by atoms with Crippen molar-refractivity contribution in [3.8, 4) is 0 Å². The second-order valence-electron chi connectivity index (χ2n) is 13.6. The molecule has 232 valence electrons. The van der Waals surface area contributed by atoms with Crippen molar-refractivity contribution >= 4 is 24.8 Å². The number of nitrogens with zero attached hydrogens (tertiary/aromatic N) is 2. The van der Waals surface area contributed by atoms with Crippen LogP contribution in [0.25, 0.3) is 0 Å². The summed E-state index contributed by atoms with van der Waals surface area (Å²) in [6, 6.07) is 20.2. The molecular formula is C34H45F2N3O3Si. The molecule has 4 rings (SSSR count). The molecule has 1 aliphatic rings. The topological polar surface area (TPSA) is 67.5 Å². The second-order valence-corrected chi connectivity index (χ2v) is 17.9. The number of nitrogens with one attached hydrogen (secondary N) is 1. The fraction of sp³-hybridized carbons (Fsp3) is 0.471. The number of alkyl halides is 2. The first-order chi connectivity index (χ1) is 20.0. The van der Waals surface area contributed by atoms with E-state index in [1.807, 2.05) is 43.3 Å². The first kappa shape index (κ1) is 32.6. The van der Waals surface area contributed by atoms with E-state index in [1.165, 1.54) is 4.90 Å². The molecule has 2 heterocycles. The molecule has 0 spiro atoms. The molecule has 3 aromatic rings. The molecule has 1 amide bonds. The van der Waals surface area contributed by atoms with E-state index in [4.69, 9.17) is 9.16 Å². The summed E-state index contributed by atoms with van der Waals surface area (Å²) >= 11 is 0. The van der Waals surface area contributed by atoms with E-state index in [0.29, 0.717) is 23.3 Å². The van der Waals surface area contributed by atoms with E-state index in [9.17, 15) is 4.79 Å². The minimum Gasteiger partial charge on any atom is -0.444 e. The summed E-state index contributed by atoms with van der Waals surface area (Å²) in [5, 5.41) is 8.86. The molecule has 1 aliphatic heterocycles. The zero-order valence-electron chi connectivity index (χ0n) is 26.5. The average Bonchev–Trinajstić information content (AvgIpc) is 3.35. The lowest BCUT2D eigenvalue weighted by molar-refractivity contribution is -0.0206. The number of carbonyl (C=O) groups excluding carboxylic acids is 1. The fourth-order valence-corrected chi connectivity index (χ4v) is 10.4. The highest BCUT2D eigenvalue weighted by molar-refractivity contribution is 6.99. The standard InChI is InChI=1S/C34H45F2N3O3Si/c1-24(23-41-43(33(6,7)8,26-15-11-9-12-16-26)27-17-13-10-14-18-27)19-20-34(35,36)30-28-22-39(31(40)42-32(3,4)5)25(2)21-29(28)37-38-30/h9-18,25H,1,19-23H2,2-8H3,(H,37,38)/t25-/m1/s1. The van der Waals surface area contributed by atoms with Crippen molar-refractivity contribution in [2.75, 3.05) is 6.61 Å². The van der Waals surface area contributed by atoms with Crippen molar-refractivity contribution in [3.63, 3.8) is 0 Å². The second kappa shape index (κ2) is 12.4. The van der Waals surface area contributed by atoms with Gasteiger partial charge in [0.05, 0.1) is 13.2 Å². The Kier molecular flexibility index (Phi) is 9.37. The summed E-state index contributed by atoms with van der Waals surface area (Å²) in [6.07, 6.45) is -0.514. The van der Waals surface area contributed by atoms with Gasteiger partial charge in [-0.15, -0.1) is 0 Å². The van der Waals surface area contributed by atoms with Gasteiger partial charge in [-0.1, -0.05) is 93.6 Å². The first-order valence-electron chi connectivity index (χ1n) is 14.9. The Morgan fingerprint density at radius 2 is 1.58 bits per heavy atom. The summed E-state index contributed by atoms with van der Waals surface area (Å²) in [5.74, 6) is -3.22. The molecule has 1 N–H and O–H groups in total. The monoisotopic (exact) mass is 609 g/mol. The Morgan fingerprint density at radius 1 is 1.02 bits per heavy atom. The maximum atomic E-state index is 15.7. The van der Waals surface area contributed by atoms with Crippen LogP contribution in [0.3, 0.4) is 0 Å². The Bertz CT molecular complexity index is 1370. The Morgan fingerprint density at radius 3 is 2.09 bits per heavy atom. The van der Waals surface area contributed by atoms with Crippen molar-refractivity contribution in [2.24, 2.45) is 0 Å². The number of hydrogen-bond donors (Lipinski definition) is 1. The lowest BCUT2D eigenvalue weighted by Crippen LogP contribution is -2.66. The Labute approximate surface area is 255 Å². The van der Waals surface area contributed by atoms with Crippen molar-refractivity contribution in [2.45, 2.75) is 96.9 Å². The number of rotatable bonds is 9. The van der Waals surface area contributed by atoms with Gasteiger partial charge < -0.3 is 14.1 Å². The van der Waals surface area contributed by atoms with Gasteiger partial charge in [0, 0.05) is 30.1 Å². The Hall–Kier alpha value is -3.30. The van der Waals surface area contributed by atoms with E-state index in [0.717, 1.165) is 10.4 Å². The first-order valence-corrected chi connectivity index (χ1v) is 16.8. The number of halogens is 2. The highest BCUT2D eigenvalue weighted by Gasteiger charge is 2.50. The molecule has 0 unspecified atom stereocenters. The molecule has 1 atom stereocenters. The van der Waals surface area contributed by atoms with Crippen LogP contribution in [0.1, 0.15) is 78.3 Å². The van der Waals surface area contributed by atoms with Gasteiger partial charge in [0.2, 0.25) is 0 Å². The molecule has 0 aliphatic carbocycles. The SMILES string of the molecule is C=C(CCC(F)(F)c1n[nH]c2c1CN(C(=O)OC(C)(C)C)[C@H](C)C2)CO[Si](c1ccccc1)(c1ccccc1)C(C)(C)C. The van der Waals surface area contributed by atoms with Crippen LogP contribution in [0.15, 0.2) is 72.8 Å². The number of aromatic nitrogens is 2. The van der Waals surface area contributed by atoms with Crippen molar-refractivity contribution in [1.29, 1.82) is 0 Å². The number of benzene rings is 2. The van der Waals surface area contributed by atoms with Gasteiger partial charge in [0.1, 0.15) is 11.3 Å². The number of amides is 1. The van der Waals surface area contributed by atoms with Crippen LogP contribution < -0.4 is 10.4 Å². The third-order valence-corrected chi connectivity index (χ3v) is 13.0. The highest BCUT2D eigenvalue weighted by atomic mass is 28.4. The number of hydrogen-bond acceptors (Lipinski definition) is 4. The maximum Gasteiger partial charge on any atom is 0.410 e. The van der Waals surface area contributed by atoms with Gasteiger partial charge in [-0.2, -0.15) is 13.9 Å². The third-order valence-electron chi connectivity index (χ3n) is 7.99. The minimum atomic E-state index is -3.22. The van der Waals surface area contributed by atoms with Gasteiger partial charge in [-0.05, 0) is 49.5 Å². The zero-order valence-corrected chi connectivity index (χ0v) is 27.5. The van der Waals surface area contributed by atoms with Gasteiger partial charge in [-0.25, -0.2) is 4.79 Å². The van der Waals surface area contributed by atoms with E-state index < -0.39 is 32.4 Å². The molecule has 6 nitrogen and oxygen atoms in total. The van der Waals surface area contributed by atoms with Gasteiger partial charge >= 0.3 is 6.09 Å². The van der Waals surface area contributed by atoms with Crippen LogP contribution in [0.5, 0.6) is 0 Å². The molecule has 1 aromatic heterocycles. The largest absolute Gasteiger partial charge is 0.444 e. The fourth-order valence-electron chi connectivity index (χ4n) is 5.84. The number of aromatic amines is 1. The van der Waals surface area contributed by atoms with Crippen molar-refractivity contribution in [1.82, 2.24) is 15.1 Å². The van der Waals surface area contributed by atoms with Crippen LogP contribution in [0, 0.1) is 0 Å². The van der Waals surface area contributed by atoms with Crippen LogP contribution >= 0.6 is 0 Å². The lowest BCUT2D eigenvalue weighted by atomic mass is 9.96. The number of ether oxygens (including phenoxy) is 1. The molecule has 9 heteroatoms. The zero-order chi connectivity index (χ0) is 31.6. The van der Waals surface area contributed by atoms with E-state index in [-0.39, 0.29) is 36.3 Å². The molecule has 0 radical (unpaired) electrons. The summed E-state index contributed by atoms with van der Waals surface area (Å²) < 4.78 is 43.9. The number of H-pyrrole nitrogens is 1. The molecule has 0 bridgehead atoms. The van der Waals surface area contributed by atoms with Gasteiger partial charge in [0.15, 0.2) is 0 Å². The normalized spacial score (nSPS) is 16.1. The minimum absolute atomic E-state index is 0.0186. The smallest absolute Gasteiger partial charge is 0.410 e. The number of fused-ring (bicyclic) bond motifs is 1. The Balaban J connectivity index is 1.50. The van der Waals surface area contributed by atoms with E-state index >= 15 is 8.78 Å². The predicted octanol–water partition coefficient (Wildman–Crippen LogP) is 7.10. The van der Waals surface area contributed by atoms with Gasteiger partial charge in [-0.3, -0.25) is 5.10 Å². The van der Waals surface area contributed by atoms with Crippen LogP contribution in [-0.2, 0) is 28.1 Å². The van der Waals surface area contributed by atoms with Crippen LogP contribution in [0.4, 0.5) is 13.6 Å². The molecular weight excluding hydrogens is 564 g/mol. The molecule has 0 fully saturated rings. The number of carbonyl (C=O) groups is 1. The molecule has 0 saturated carbocycles. The summed E-state index contributed by atoms with van der Waals surface area (Å²) in [7, 11) is -2.82. The maximum absolute atomic E-state index is 15.7. The molecule has 43 heavy (non-hydrogen) atoms. The average molecular weight is 610 g/mol. The third kappa shape index (κ3) is 7.10. The van der Waals surface area contributed by atoms with Crippen molar-refractivity contribution in [3.05, 3.63) is 89.8 Å². The summed E-state index contributed by atoms with van der Waals surface area (Å²) in [4.78, 5) is 14.3. The summed E-state index contributed by atoms with van der Waals surface area (Å²) in [5.41, 5.74) is 0.598. The van der Waals surface area contributed by atoms with Gasteiger partial charge in [0.25, 0.3) is 14.2 Å². The van der Waals surface area contributed by atoms with Crippen LogP contribution in [-0.4, -0.2) is 47.8 Å². The molecule has 0 saturated heterocycles. The molecule has 2 aromatic carbocycles.